The molecule has 1 aromatic carbocycles. The van der Waals surface area contributed by atoms with Gasteiger partial charge in [-0.15, -0.1) is 13.2 Å². The van der Waals surface area contributed by atoms with E-state index in [0.717, 1.165) is 6.07 Å². The summed E-state index contributed by atoms with van der Waals surface area (Å²) in [5.74, 6) is -1.32. The van der Waals surface area contributed by atoms with Gasteiger partial charge in [-0.25, -0.2) is 0 Å². The van der Waals surface area contributed by atoms with E-state index in [4.69, 9.17) is 0 Å². The SMILES string of the molecule is CS(=O)c1ccc(C(=O)Nc2cccc(OC(F)(F)F)n2)cc1. The largest absolute Gasteiger partial charge is 0.574 e. The molecule has 0 aliphatic rings. The first-order chi connectivity index (χ1) is 10.7. The second kappa shape index (κ2) is 6.78. The summed E-state index contributed by atoms with van der Waals surface area (Å²) in [6.45, 7) is 0. The number of carbonyl (C=O) groups excluding carboxylic acids is 1. The number of carbonyl (C=O) groups is 1. The van der Waals surface area contributed by atoms with Crippen LogP contribution >= 0.6 is 0 Å². The highest BCUT2D eigenvalue weighted by Crippen LogP contribution is 2.22. The summed E-state index contributed by atoms with van der Waals surface area (Å²) in [6, 6.07) is 9.60. The lowest BCUT2D eigenvalue weighted by atomic mass is 10.2. The number of ether oxygens (including phenoxy) is 1. The van der Waals surface area contributed by atoms with Crippen molar-refractivity contribution in [2.45, 2.75) is 11.3 Å². The van der Waals surface area contributed by atoms with E-state index >= 15 is 0 Å². The van der Waals surface area contributed by atoms with E-state index in [1.165, 1.54) is 42.7 Å². The van der Waals surface area contributed by atoms with Crippen LogP contribution in [0.3, 0.4) is 0 Å². The predicted octanol–water partition coefficient (Wildman–Crippen LogP) is 2.97. The number of hydrogen-bond acceptors (Lipinski definition) is 4. The van der Waals surface area contributed by atoms with Crippen LogP contribution in [0.1, 0.15) is 10.4 Å². The quantitative estimate of drug-likeness (QED) is 0.926. The summed E-state index contributed by atoms with van der Waals surface area (Å²) in [7, 11) is -1.17. The minimum atomic E-state index is -4.86. The second-order valence-corrected chi connectivity index (χ2v) is 5.72. The van der Waals surface area contributed by atoms with E-state index in [2.05, 4.69) is 15.0 Å². The molecular formula is C14H11F3N2O3S. The molecule has 0 saturated carbocycles. The zero-order chi connectivity index (χ0) is 17.0. The summed E-state index contributed by atoms with van der Waals surface area (Å²) in [5.41, 5.74) is 0.253. The molecule has 2 rings (SSSR count). The maximum absolute atomic E-state index is 12.1. The lowest BCUT2D eigenvalue weighted by Gasteiger charge is -2.09. The van der Waals surface area contributed by atoms with Crippen molar-refractivity contribution in [1.29, 1.82) is 0 Å². The molecule has 0 saturated heterocycles. The van der Waals surface area contributed by atoms with E-state index in [1.807, 2.05) is 0 Å². The van der Waals surface area contributed by atoms with Crippen molar-refractivity contribution >= 4 is 22.5 Å². The van der Waals surface area contributed by atoms with Gasteiger partial charge in [-0.1, -0.05) is 6.07 Å². The Morgan fingerprint density at radius 2 is 1.83 bits per heavy atom. The molecule has 0 spiro atoms. The molecule has 122 valence electrons. The van der Waals surface area contributed by atoms with Gasteiger partial charge < -0.3 is 10.1 Å². The van der Waals surface area contributed by atoms with Crippen molar-refractivity contribution < 1.29 is 26.9 Å². The number of nitrogens with one attached hydrogen (secondary N) is 1. The molecule has 0 aliphatic carbocycles. The molecule has 1 heterocycles. The maximum Gasteiger partial charge on any atom is 0.574 e. The fourth-order valence-electron chi connectivity index (χ4n) is 1.65. The molecule has 5 nitrogen and oxygen atoms in total. The molecule has 1 N–H and O–H groups in total. The van der Waals surface area contributed by atoms with E-state index in [9.17, 15) is 22.2 Å². The number of pyridine rings is 1. The average molecular weight is 344 g/mol. The van der Waals surface area contributed by atoms with Crippen molar-refractivity contribution in [3.8, 4) is 5.88 Å². The highest BCUT2D eigenvalue weighted by atomic mass is 32.2. The number of amides is 1. The van der Waals surface area contributed by atoms with Crippen molar-refractivity contribution in [3.63, 3.8) is 0 Å². The summed E-state index contributed by atoms with van der Waals surface area (Å²) < 4.78 is 51.3. The Kier molecular flexibility index (Phi) is 4.99. The maximum atomic E-state index is 12.1. The molecule has 1 atom stereocenters. The van der Waals surface area contributed by atoms with Crippen LogP contribution in [-0.4, -0.2) is 27.7 Å². The van der Waals surface area contributed by atoms with Gasteiger partial charge in [-0.3, -0.25) is 9.00 Å². The third-order valence-electron chi connectivity index (χ3n) is 2.63. The van der Waals surface area contributed by atoms with Crippen molar-refractivity contribution in [1.82, 2.24) is 4.98 Å². The highest BCUT2D eigenvalue weighted by Gasteiger charge is 2.31. The monoisotopic (exact) mass is 344 g/mol. The molecular weight excluding hydrogens is 333 g/mol. The van der Waals surface area contributed by atoms with Gasteiger partial charge in [-0.2, -0.15) is 4.98 Å². The minimum Gasteiger partial charge on any atom is -0.388 e. The second-order valence-electron chi connectivity index (χ2n) is 4.34. The van der Waals surface area contributed by atoms with Crippen LogP contribution in [0.4, 0.5) is 19.0 Å². The summed E-state index contributed by atoms with van der Waals surface area (Å²) in [4.78, 5) is 16.1. The van der Waals surface area contributed by atoms with Crippen LogP contribution in [0.25, 0.3) is 0 Å². The van der Waals surface area contributed by atoms with E-state index in [-0.39, 0.29) is 11.4 Å². The Morgan fingerprint density at radius 1 is 1.17 bits per heavy atom. The topological polar surface area (TPSA) is 68.3 Å². The standard InChI is InChI=1S/C14H11F3N2O3S/c1-23(21)10-7-5-9(6-8-10)13(20)19-11-3-2-4-12(18-11)22-14(15,16)17/h2-8H,1H3,(H,18,19,20). The number of hydrogen-bond donors (Lipinski definition) is 1. The smallest absolute Gasteiger partial charge is 0.388 e. The minimum absolute atomic E-state index is 0.0834. The molecule has 0 bridgehead atoms. The van der Waals surface area contributed by atoms with Gasteiger partial charge in [0.25, 0.3) is 5.91 Å². The number of nitrogens with zero attached hydrogens (tertiary/aromatic N) is 1. The molecule has 0 aliphatic heterocycles. The Balaban J connectivity index is 2.10. The van der Waals surface area contributed by atoms with Crippen molar-refractivity contribution in [2.24, 2.45) is 0 Å². The number of rotatable bonds is 4. The Hall–Kier alpha value is -2.42. The summed E-state index contributed by atoms with van der Waals surface area (Å²) in [5, 5.41) is 2.36. The fourth-order valence-corrected chi connectivity index (χ4v) is 2.17. The first-order valence-electron chi connectivity index (χ1n) is 6.22. The number of halogens is 3. The zero-order valence-corrected chi connectivity index (χ0v) is 12.6. The molecule has 1 aromatic heterocycles. The first kappa shape index (κ1) is 16.9. The van der Waals surface area contributed by atoms with E-state index < -0.39 is 28.9 Å². The van der Waals surface area contributed by atoms with Gasteiger partial charge in [0.15, 0.2) is 0 Å². The number of aromatic nitrogens is 1. The Morgan fingerprint density at radius 3 is 2.39 bits per heavy atom. The number of alkyl halides is 3. The molecule has 1 amide bonds. The Labute approximate surface area is 131 Å². The van der Waals surface area contributed by atoms with Gasteiger partial charge in [0.2, 0.25) is 5.88 Å². The lowest BCUT2D eigenvalue weighted by molar-refractivity contribution is -0.276. The van der Waals surface area contributed by atoms with Crippen LogP contribution in [0.5, 0.6) is 5.88 Å². The van der Waals surface area contributed by atoms with Gasteiger partial charge in [0.05, 0.1) is 0 Å². The molecule has 23 heavy (non-hydrogen) atoms. The number of benzene rings is 1. The van der Waals surface area contributed by atoms with Gasteiger partial charge in [0.1, 0.15) is 5.82 Å². The van der Waals surface area contributed by atoms with Gasteiger partial charge in [0, 0.05) is 33.6 Å². The normalized spacial score (nSPS) is 12.5. The van der Waals surface area contributed by atoms with Crippen LogP contribution < -0.4 is 10.1 Å². The van der Waals surface area contributed by atoms with E-state index in [0.29, 0.717) is 4.90 Å². The van der Waals surface area contributed by atoms with Crippen LogP contribution in [-0.2, 0) is 10.8 Å². The third kappa shape index (κ3) is 5.06. The average Bonchev–Trinajstić information content (AvgIpc) is 2.46. The first-order valence-corrected chi connectivity index (χ1v) is 7.78. The Bertz CT molecular complexity index is 733. The molecule has 0 fully saturated rings. The lowest BCUT2D eigenvalue weighted by Crippen LogP contribution is -2.19. The van der Waals surface area contributed by atoms with E-state index in [1.54, 1.807) is 0 Å². The van der Waals surface area contributed by atoms with Crippen molar-refractivity contribution in [2.75, 3.05) is 11.6 Å². The van der Waals surface area contributed by atoms with Gasteiger partial charge >= 0.3 is 6.36 Å². The third-order valence-corrected chi connectivity index (χ3v) is 3.57. The molecule has 0 radical (unpaired) electrons. The summed E-state index contributed by atoms with van der Waals surface area (Å²) >= 11 is 0. The highest BCUT2D eigenvalue weighted by molar-refractivity contribution is 7.84. The van der Waals surface area contributed by atoms with Gasteiger partial charge in [-0.05, 0) is 30.3 Å². The molecule has 1 unspecified atom stereocenters. The van der Waals surface area contributed by atoms with Crippen molar-refractivity contribution in [3.05, 3.63) is 48.0 Å². The molecule has 2 aromatic rings. The fraction of sp³-hybridized carbons (Fsp3) is 0.143. The van der Waals surface area contributed by atoms with Crippen LogP contribution in [0.2, 0.25) is 0 Å². The van der Waals surface area contributed by atoms with Crippen LogP contribution in [0, 0.1) is 0 Å². The predicted molar refractivity (Wildman–Crippen MR) is 77.6 cm³/mol. The van der Waals surface area contributed by atoms with Crippen LogP contribution in [0.15, 0.2) is 47.4 Å². The molecule has 9 heteroatoms. The summed E-state index contributed by atoms with van der Waals surface area (Å²) in [6.07, 6.45) is -3.35. The zero-order valence-electron chi connectivity index (χ0n) is 11.8. The number of anilines is 1.